The number of hydrogen-bond donors (Lipinski definition) is 1. The van der Waals surface area contributed by atoms with E-state index in [0.717, 1.165) is 44.5 Å². The number of piperidine rings is 1. The average Bonchev–Trinajstić information content (AvgIpc) is 2.73. The number of halogens is 1. The molecular weight excluding hydrogens is 315 g/mol. The van der Waals surface area contributed by atoms with Crippen molar-refractivity contribution >= 4 is 5.91 Å². The van der Waals surface area contributed by atoms with Crippen molar-refractivity contribution in [3.05, 3.63) is 23.6 Å². The number of rotatable bonds is 3. The lowest BCUT2D eigenvalue weighted by atomic mass is 9.72. The first kappa shape index (κ1) is 18.6. The third-order valence-electron chi connectivity index (χ3n) is 6.36. The Balaban J connectivity index is 1.79. The maximum atomic E-state index is 14.0. The lowest BCUT2D eigenvalue weighted by Gasteiger charge is -2.36. The SMILES string of the molecule is C/C=C(F)\C=C1/CN(CC2CCCCC2)C(=O)CC2(CCNCC2)C1. The van der Waals surface area contributed by atoms with E-state index in [4.69, 9.17) is 0 Å². The van der Waals surface area contributed by atoms with Gasteiger partial charge < -0.3 is 10.2 Å². The van der Waals surface area contributed by atoms with Crippen molar-refractivity contribution < 1.29 is 9.18 Å². The van der Waals surface area contributed by atoms with Crippen molar-refractivity contribution in [1.29, 1.82) is 0 Å². The highest BCUT2D eigenvalue weighted by atomic mass is 19.1. The van der Waals surface area contributed by atoms with Crippen molar-refractivity contribution in [2.24, 2.45) is 11.3 Å². The first-order valence-corrected chi connectivity index (χ1v) is 10.1. The molecule has 4 heteroatoms. The molecule has 25 heavy (non-hydrogen) atoms. The van der Waals surface area contributed by atoms with Gasteiger partial charge >= 0.3 is 0 Å². The molecule has 0 unspecified atom stereocenters. The van der Waals surface area contributed by atoms with Crippen LogP contribution in [0.1, 0.15) is 64.7 Å². The summed E-state index contributed by atoms with van der Waals surface area (Å²) in [4.78, 5) is 15.1. The van der Waals surface area contributed by atoms with E-state index in [9.17, 15) is 9.18 Å². The number of carbonyl (C=O) groups excluding carboxylic acids is 1. The highest BCUT2D eigenvalue weighted by Gasteiger charge is 2.39. The summed E-state index contributed by atoms with van der Waals surface area (Å²) in [6, 6.07) is 0. The van der Waals surface area contributed by atoms with E-state index >= 15 is 0 Å². The number of amides is 1. The molecule has 140 valence electrons. The van der Waals surface area contributed by atoms with Crippen LogP contribution in [0.2, 0.25) is 0 Å². The molecule has 1 saturated carbocycles. The van der Waals surface area contributed by atoms with Crippen LogP contribution in [0, 0.1) is 11.3 Å². The zero-order valence-corrected chi connectivity index (χ0v) is 15.7. The number of nitrogens with one attached hydrogen (secondary N) is 1. The number of allylic oxidation sites excluding steroid dienone is 3. The summed E-state index contributed by atoms with van der Waals surface area (Å²) in [5.74, 6) is 0.746. The summed E-state index contributed by atoms with van der Waals surface area (Å²) < 4.78 is 14.0. The van der Waals surface area contributed by atoms with Gasteiger partial charge in [-0.25, -0.2) is 4.39 Å². The first-order valence-electron chi connectivity index (χ1n) is 10.1. The molecule has 3 nitrogen and oxygen atoms in total. The van der Waals surface area contributed by atoms with E-state index in [-0.39, 0.29) is 17.1 Å². The number of likely N-dealkylation sites (tertiary alicyclic amines) is 1. The molecule has 0 aromatic carbocycles. The summed E-state index contributed by atoms with van der Waals surface area (Å²) in [7, 11) is 0. The maximum absolute atomic E-state index is 14.0. The van der Waals surface area contributed by atoms with Crippen molar-refractivity contribution in [1.82, 2.24) is 10.2 Å². The van der Waals surface area contributed by atoms with Gasteiger partial charge in [0.1, 0.15) is 5.83 Å². The van der Waals surface area contributed by atoms with Gasteiger partial charge in [0.2, 0.25) is 5.91 Å². The Morgan fingerprint density at radius 1 is 1.24 bits per heavy atom. The van der Waals surface area contributed by atoms with Crippen LogP contribution >= 0.6 is 0 Å². The molecule has 0 aromatic rings. The fourth-order valence-electron chi connectivity index (χ4n) is 4.90. The highest BCUT2D eigenvalue weighted by Crippen LogP contribution is 2.42. The molecule has 1 spiro atoms. The van der Waals surface area contributed by atoms with Crippen molar-refractivity contribution in [2.75, 3.05) is 26.2 Å². The molecule has 2 heterocycles. The molecule has 0 bridgehead atoms. The van der Waals surface area contributed by atoms with Gasteiger partial charge in [-0.15, -0.1) is 0 Å². The Kier molecular flexibility index (Phi) is 6.32. The molecule has 2 aliphatic heterocycles. The van der Waals surface area contributed by atoms with Crippen LogP contribution in [0.15, 0.2) is 23.6 Å². The van der Waals surface area contributed by atoms with E-state index in [1.54, 1.807) is 13.0 Å². The lowest BCUT2D eigenvalue weighted by molar-refractivity contribution is -0.133. The van der Waals surface area contributed by atoms with Crippen LogP contribution in [0.4, 0.5) is 4.39 Å². The molecule has 1 amide bonds. The predicted molar refractivity (Wildman–Crippen MR) is 99.9 cm³/mol. The molecule has 3 rings (SSSR count). The van der Waals surface area contributed by atoms with E-state index in [1.165, 1.54) is 38.2 Å². The standard InChI is InChI=1S/C21H33FN2O/c1-2-19(22)12-18-13-21(8-10-23-11-9-21)14-20(25)24(16-18)15-17-6-4-3-5-7-17/h2,12,17,23H,3-11,13-16H2,1H3/b18-12-,19-2+. The van der Waals surface area contributed by atoms with E-state index in [0.29, 0.717) is 18.9 Å². The summed E-state index contributed by atoms with van der Waals surface area (Å²) in [6.07, 6.45) is 13.1. The van der Waals surface area contributed by atoms with Gasteiger partial charge in [-0.1, -0.05) is 25.3 Å². The molecule has 0 radical (unpaired) electrons. The average molecular weight is 349 g/mol. The van der Waals surface area contributed by atoms with Crippen LogP contribution in [-0.4, -0.2) is 37.0 Å². The molecule has 0 atom stereocenters. The summed E-state index contributed by atoms with van der Waals surface area (Å²) in [6.45, 7) is 5.15. The fraction of sp³-hybridized carbons (Fsp3) is 0.762. The summed E-state index contributed by atoms with van der Waals surface area (Å²) in [5.41, 5.74) is 1.13. The maximum Gasteiger partial charge on any atom is 0.223 e. The normalized spacial score (nSPS) is 27.8. The molecule has 3 aliphatic rings. The number of nitrogens with zero attached hydrogens (tertiary/aromatic N) is 1. The molecular formula is C21H33FN2O. The van der Waals surface area contributed by atoms with Crippen molar-refractivity contribution in [2.45, 2.75) is 64.7 Å². The molecule has 3 fully saturated rings. The summed E-state index contributed by atoms with van der Waals surface area (Å²) >= 11 is 0. The Labute approximate surface area is 151 Å². The van der Waals surface area contributed by atoms with E-state index in [1.807, 2.05) is 4.90 Å². The van der Waals surface area contributed by atoms with Crippen LogP contribution < -0.4 is 5.32 Å². The minimum Gasteiger partial charge on any atom is -0.338 e. The minimum atomic E-state index is -0.175. The number of carbonyl (C=O) groups is 1. The zero-order chi connectivity index (χ0) is 17.7. The number of hydrogen-bond acceptors (Lipinski definition) is 2. The van der Waals surface area contributed by atoms with Crippen LogP contribution in [0.5, 0.6) is 0 Å². The second-order valence-corrected chi connectivity index (χ2v) is 8.36. The predicted octanol–water partition coefficient (Wildman–Crippen LogP) is 4.36. The van der Waals surface area contributed by atoms with Crippen LogP contribution in [-0.2, 0) is 4.79 Å². The zero-order valence-electron chi connectivity index (χ0n) is 15.7. The third kappa shape index (κ3) is 4.93. The van der Waals surface area contributed by atoms with Crippen LogP contribution in [0.25, 0.3) is 0 Å². The van der Waals surface area contributed by atoms with Gasteiger partial charge in [0.05, 0.1) is 0 Å². The van der Waals surface area contributed by atoms with Crippen molar-refractivity contribution in [3.63, 3.8) is 0 Å². The molecule has 0 aromatic heterocycles. The van der Waals surface area contributed by atoms with Gasteiger partial charge in [-0.3, -0.25) is 4.79 Å². The topological polar surface area (TPSA) is 32.3 Å². The Morgan fingerprint density at radius 3 is 2.64 bits per heavy atom. The quantitative estimate of drug-likeness (QED) is 0.822. The minimum absolute atomic E-state index is 0.0313. The van der Waals surface area contributed by atoms with Gasteiger partial charge in [0, 0.05) is 19.5 Å². The smallest absolute Gasteiger partial charge is 0.223 e. The summed E-state index contributed by atoms with van der Waals surface area (Å²) in [5, 5.41) is 3.41. The van der Waals surface area contributed by atoms with Gasteiger partial charge in [-0.2, -0.15) is 0 Å². The second kappa shape index (κ2) is 8.48. The first-order chi connectivity index (χ1) is 12.1. The monoisotopic (exact) mass is 348 g/mol. The largest absolute Gasteiger partial charge is 0.338 e. The van der Waals surface area contributed by atoms with Gasteiger partial charge in [0.15, 0.2) is 0 Å². The van der Waals surface area contributed by atoms with E-state index in [2.05, 4.69) is 5.32 Å². The van der Waals surface area contributed by atoms with Crippen LogP contribution in [0.3, 0.4) is 0 Å². The molecule has 1 aliphatic carbocycles. The van der Waals surface area contributed by atoms with Gasteiger partial charge in [0.25, 0.3) is 0 Å². The third-order valence-corrected chi connectivity index (χ3v) is 6.36. The van der Waals surface area contributed by atoms with Gasteiger partial charge in [-0.05, 0) is 75.1 Å². The molecule has 1 N–H and O–H groups in total. The molecule has 2 saturated heterocycles. The fourth-order valence-corrected chi connectivity index (χ4v) is 4.90. The Hall–Kier alpha value is -1.16. The van der Waals surface area contributed by atoms with E-state index < -0.39 is 0 Å². The van der Waals surface area contributed by atoms with Crippen molar-refractivity contribution in [3.8, 4) is 0 Å². The lowest BCUT2D eigenvalue weighted by Crippen LogP contribution is -2.40. The Bertz CT molecular complexity index is 528. The Morgan fingerprint density at radius 2 is 1.96 bits per heavy atom. The second-order valence-electron chi connectivity index (χ2n) is 8.36. The highest BCUT2D eigenvalue weighted by molar-refractivity contribution is 5.78.